The summed E-state index contributed by atoms with van der Waals surface area (Å²) in [5, 5.41) is 9.25. The van der Waals surface area contributed by atoms with Gasteiger partial charge < -0.3 is 10.1 Å². The summed E-state index contributed by atoms with van der Waals surface area (Å²) >= 11 is 0. The Morgan fingerprint density at radius 3 is 2.52 bits per heavy atom. The first kappa shape index (κ1) is 21.3. The Bertz CT molecular complexity index is 1240. The molecule has 1 heterocycles. The van der Waals surface area contributed by atoms with Crippen LogP contribution in [0.15, 0.2) is 78.9 Å². The van der Waals surface area contributed by atoms with Crippen LogP contribution < -0.4 is 10.1 Å². The number of hydrogen-bond donors (Lipinski definition) is 1. The van der Waals surface area contributed by atoms with Gasteiger partial charge in [-0.3, -0.25) is 4.79 Å². The van der Waals surface area contributed by atoms with Crippen LogP contribution in [0.4, 0.5) is 0 Å². The lowest BCUT2D eigenvalue weighted by Crippen LogP contribution is -2.40. The van der Waals surface area contributed by atoms with Gasteiger partial charge in [-0.25, -0.2) is 4.68 Å². The Labute approximate surface area is 194 Å². The molecule has 1 aliphatic carbocycles. The lowest BCUT2D eigenvalue weighted by atomic mass is 9.90. The molecular weight excluding hydrogens is 410 g/mol. The summed E-state index contributed by atoms with van der Waals surface area (Å²) in [6.07, 6.45) is 5.65. The second-order valence-electron chi connectivity index (χ2n) is 8.70. The Kier molecular flexibility index (Phi) is 6.11. The molecule has 168 valence electrons. The molecule has 1 N–H and O–H groups in total. The molecule has 1 saturated carbocycles. The molecule has 1 unspecified atom stereocenters. The molecule has 0 spiro atoms. The van der Waals surface area contributed by atoms with Gasteiger partial charge in [-0.05, 0) is 48.7 Å². The summed E-state index contributed by atoms with van der Waals surface area (Å²) in [6, 6.07) is 26.1. The highest BCUT2D eigenvalue weighted by Crippen LogP contribution is 2.35. The molecule has 1 amide bonds. The van der Waals surface area contributed by atoms with E-state index in [0.29, 0.717) is 0 Å². The van der Waals surface area contributed by atoms with Crippen molar-refractivity contribution in [2.75, 3.05) is 7.11 Å². The highest BCUT2D eigenvalue weighted by molar-refractivity contribution is 5.94. The fourth-order valence-corrected chi connectivity index (χ4v) is 4.88. The predicted molar refractivity (Wildman–Crippen MR) is 131 cm³/mol. The van der Waals surface area contributed by atoms with Crippen LogP contribution in [0.5, 0.6) is 5.75 Å². The van der Waals surface area contributed by atoms with E-state index in [1.807, 2.05) is 77.5 Å². The van der Waals surface area contributed by atoms with E-state index >= 15 is 0 Å². The summed E-state index contributed by atoms with van der Waals surface area (Å²) in [6.45, 7) is 0. The number of amides is 1. The third-order valence-electron chi connectivity index (χ3n) is 6.53. The number of para-hydroxylation sites is 1. The molecule has 0 saturated heterocycles. The van der Waals surface area contributed by atoms with Crippen LogP contribution in [0, 0.1) is 0 Å². The second-order valence-corrected chi connectivity index (χ2v) is 8.70. The fourth-order valence-electron chi connectivity index (χ4n) is 4.88. The van der Waals surface area contributed by atoms with Crippen LogP contribution in [0.2, 0.25) is 0 Å². The topological polar surface area (TPSA) is 56.1 Å². The fraction of sp³-hybridized carbons (Fsp3) is 0.286. The molecule has 1 atom stereocenters. The van der Waals surface area contributed by atoms with E-state index in [2.05, 4.69) is 11.4 Å². The summed E-state index contributed by atoms with van der Waals surface area (Å²) < 4.78 is 7.43. The van der Waals surface area contributed by atoms with Crippen molar-refractivity contribution in [3.8, 4) is 11.4 Å². The van der Waals surface area contributed by atoms with Crippen molar-refractivity contribution >= 4 is 16.8 Å². The zero-order valence-corrected chi connectivity index (χ0v) is 18.9. The van der Waals surface area contributed by atoms with Gasteiger partial charge in [0.2, 0.25) is 5.91 Å². The SMILES string of the molecule is COc1cccc(C(C(=O)NC2CCCCC2)c2c3ccccc3nn2-c2ccccc2)c1. The maximum atomic E-state index is 13.9. The molecule has 0 bridgehead atoms. The number of methoxy groups -OCH3 is 1. The molecule has 0 radical (unpaired) electrons. The molecule has 1 fully saturated rings. The summed E-state index contributed by atoms with van der Waals surface area (Å²) in [7, 11) is 1.65. The van der Waals surface area contributed by atoms with Crippen LogP contribution in [-0.4, -0.2) is 28.8 Å². The zero-order chi connectivity index (χ0) is 22.6. The number of rotatable bonds is 6. The van der Waals surface area contributed by atoms with Crippen molar-refractivity contribution in [1.29, 1.82) is 0 Å². The number of carbonyl (C=O) groups excluding carboxylic acids is 1. The van der Waals surface area contributed by atoms with E-state index in [9.17, 15) is 4.79 Å². The van der Waals surface area contributed by atoms with E-state index in [-0.39, 0.29) is 11.9 Å². The number of fused-ring (bicyclic) bond motifs is 1. The van der Waals surface area contributed by atoms with Crippen LogP contribution in [0.1, 0.15) is 49.3 Å². The smallest absolute Gasteiger partial charge is 0.233 e. The van der Waals surface area contributed by atoms with Crippen molar-refractivity contribution in [2.24, 2.45) is 0 Å². The number of benzene rings is 3. The Balaban J connectivity index is 1.68. The first-order valence-electron chi connectivity index (χ1n) is 11.7. The molecule has 33 heavy (non-hydrogen) atoms. The van der Waals surface area contributed by atoms with Crippen molar-refractivity contribution in [2.45, 2.75) is 44.1 Å². The normalized spacial score (nSPS) is 15.3. The van der Waals surface area contributed by atoms with Gasteiger partial charge in [0.1, 0.15) is 11.7 Å². The standard InChI is InChI=1S/C28H29N3O2/c1-33-23-16-10-11-20(19-23)26(28(32)29-21-12-4-2-5-13-21)27-24-17-8-9-18-25(24)30-31(27)22-14-6-3-7-15-22/h3,6-11,14-19,21,26H,2,4-5,12-13H2,1H3,(H,29,32). The summed E-state index contributed by atoms with van der Waals surface area (Å²) in [5.41, 5.74) is 3.57. The monoisotopic (exact) mass is 439 g/mol. The average molecular weight is 440 g/mol. The quantitative estimate of drug-likeness (QED) is 0.425. The molecular formula is C28H29N3O2. The van der Waals surface area contributed by atoms with Gasteiger partial charge in [-0.1, -0.05) is 67.8 Å². The molecule has 3 aromatic carbocycles. The Hall–Kier alpha value is -3.60. The molecule has 4 aromatic rings. The molecule has 0 aliphatic heterocycles. The van der Waals surface area contributed by atoms with Crippen molar-refractivity contribution in [3.63, 3.8) is 0 Å². The summed E-state index contributed by atoms with van der Waals surface area (Å²) in [4.78, 5) is 13.9. The zero-order valence-electron chi connectivity index (χ0n) is 18.9. The van der Waals surface area contributed by atoms with Crippen molar-refractivity contribution in [1.82, 2.24) is 15.1 Å². The molecule has 1 aromatic heterocycles. The molecule has 1 aliphatic rings. The number of hydrogen-bond acceptors (Lipinski definition) is 3. The number of aromatic nitrogens is 2. The Morgan fingerprint density at radius 1 is 0.970 bits per heavy atom. The van der Waals surface area contributed by atoms with E-state index in [0.717, 1.165) is 46.4 Å². The van der Waals surface area contributed by atoms with Crippen molar-refractivity contribution in [3.05, 3.63) is 90.1 Å². The van der Waals surface area contributed by atoms with Gasteiger partial charge in [0.25, 0.3) is 0 Å². The van der Waals surface area contributed by atoms with Gasteiger partial charge in [0.05, 0.1) is 24.0 Å². The van der Waals surface area contributed by atoms with E-state index in [1.54, 1.807) is 7.11 Å². The first-order valence-corrected chi connectivity index (χ1v) is 11.7. The largest absolute Gasteiger partial charge is 0.497 e. The lowest BCUT2D eigenvalue weighted by Gasteiger charge is -2.26. The van der Waals surface area contributed by atoms with E-state index in [4.69, 9.17) is 9.84 Å². The van der Waals surface area contributed by atoms with Gasteiger partial charge in [0, 0.05) is 11.4 Å². The number of ether oxygens (including phenoxy) is 1. The van der Waals surface area contributed by atoms with Gasteiger partial charge in [-0.2, -0.15) is 5.10 Å². The highest BCUT2D eigenvalue weighted by Gasteiger charge is 2.31. The maximum Gasteiger partial charge on any atom is 0.233 e. The average Bonchev–Trinajstić information content (AvgIpc) is 3.25. The van der Waals surface area contributed by atoms with E-state index in [1.165, 1.54) is 19.3 Å². The number of nitrogens with one attached hydrogen (secondary N) is 1. The van der Waals surface area contributed by atoms with Gasteiger partial charge >= 0.3 is 0 Å². The number of nitrogens with zero attached hydrogens (tertiary/aromatic N) is 2. The minimum Gasteiger partial charge on any atom is -0.497 e. The van der Waals surface area contributed by atoms with Gasteiger partial charge in [0.15, 0.2) is 0 Å². The third-order valence-corrected chi connectivity index (χ3v) is 6.53. The van der Waals surface area contributed by atoms with Crippen molar-refractivity contribution < 1.29 is 9.53 Å². The lowest BCUT2D eigenvalue weighted by molar-refractivity contribution is -0.122. The molecule has 5 heteroatoms. The predicted octanol–water partition coefficient (Wildman–Crippen LogP) is 5.61. The second kappa shape index (κ2) is 9.49. The minimum atomic E-state index is -0.519. The third kappa shape index (κ3) is 4.36. The highest BCUT2D eigenvalue weighted by atomic mass is 16.5. The van der Waals surface area contributed by atoms with Crippen LogP contribution >= 0.6 is 0 Å². The molecule has 5 rings (SSSR count). The van der Waals surface area contributed by atoms with Crippen LogP contribution in [0.3, 0.4) is 0 Å². The van der Waals surface area contributed by atoms with Crippen LogP contribution in [-0.2, 0) is 4.79 Å². The maximum absolute atomic E-state index is 13.9. The molecule has 5 nitrogen and oxygen atoms in total. The minimum absolute atomic E-state index is 0.0120. The number of carbonyl (C=O) groups is 1. The van der Waals surface area contributed by atoms with Gasteiger partial charge in [-0.15, -0.1) is 0 Å². The first-order chi connectivity index (χ1) is 16.2. The van der Waals surface area contributed by atoms with E-state index < -0.39 is 5.92 Å². The summed E-state index contributed by atoms with van der Waals surface area (Å²) in [5.74, 6) is 0.227. The van der Waals surface area contributed by atoms with Crippen LogP contribution in [0.25, 0.3) is 16.6 Å². The Morgan fingerprint density at radius 2 is 1.73 bits per heavy atom.